The lowest BCUT2D eigenvalue weighted by Crippen LogP contribution is -2.34. The number of likely N-dealkylation sites (N-methyl/N-ethyl adjacent to an activating group) is 1. The number of para-hydroxylation sites is 1. The van der Waals surface area contributed by atoms with Crippen molar-refractivity contribution < 1.29 is 13.9 Å². The van der Waals surface area contributed by atoms with E-state index in [0.717, 1.165) is 0 Å². The molecule has 0 saturated heterocycles. The van der Waals surface area contributed by atoms with Crippen LogP contribution >= 0.6 is 0 Å². The van der Waals surface area contributed by atoms with E-state index in [1.54, 1.807) is 24.1 Å². The van der Waals surface area contributed by atoms with E-state index in [1.165, 1.54) is 6.07 Å². The zero-order valence-corrected chi connectivity index (χ0v) is 11.7. The third-order valence-electron chi connectivity index (χ3n) is 2.83. The third-order valence-corrected chi connectivity index (χ3v) is 2.83. The second-order valence-corrected chi connectivity index (χ2v) is 4.07. The van der Waals surface area contributed by atoms with Crippen LogP contribution in [-0.2, 0) is 4.74 Å². The molecule has 0 fully saturated rings. The molecule has 0 bridgehead atoms. The first kappa shape index (κ1) is 15.4. The number of rotatable bonds is 7. The van der Waals surface area contributed by atoms with E-state index in [2.05, 4.69) is 5.32 Å². The number of amides is 1. The Bertz CT molecular complexity index is 424. The first-order valence-corrected chi connectivity index (χ1v) is 6.46. The van der Waals surface area contributed by atoms with Crippen molar-refractivity contribution in [3.8, 4) is 0 Å². The van der Waals surface area contributed by atoms with Gasteiger partial charge in [0, 0.05) is 26.7 Å². The Hall–Kier alpha value is -1.62. The number of hydrogen-bond donors (Lipinski definition) is 1. The number of nitrogens with zero attached hydrogens (tertiary/aromatic N) is 1. The summed E-state index contributed by atoms with van der Waals surface area (Å²) < 4.78 is 18.7. The minimum atomic E-state index is -0.407. The van der Waals surface area contributed by atoms with E-state index < -0.39 is 5.82 Å². The highest BCUT2D eigenvalue weighted by Gasteiger charge is 2.19. The first-order chi connectivity index (χ1) is 9.15. The third kappa shape index (κ3) is 3.92. The number of ether oxygens (including phenoxy) is 1. The van der Waals surface area contributed by atoms with Gasteiger partial charge < -0.3 is 15.0 Å². The fourth-order valence-electron chi connectivity index (χ4n) is 1.83. The molecule has 0 spiro atoms. The lowest BCUT2D eigenvalue weighted by atomic mass is 10.1. The van der Waals surface area contributed by atoms with Crippen LogP contribution in [0.2, 0.25) is 0 Å². The summed E-state index contributed by atoms with van der Waals surface area (Å²) in [5.41, 5.74) is 0.630. The maximum Gasteiger partial charge on any atom is 0.256 e. The highest BCUT2D eigenvalue weighted by atomic mass is 19.1. The number of carbonyl (C=O) groups is 1. The van der Waals surface area contributed by atoms with Crippen LogP contribution in [0.25, 0.3) is 0 Å². The van der Waals surface area contributed by atoms with Crippen molar-refractivity contribution in [1.29, 1.82) is 0 Å². The van der Waals surface area contributed by atoms with Crippen LogP contribution in [0.15, 0.2) is 18.2 Å². The van der Waals surface area contributed by atoms with Gasteiger partial charge in [0.2, 0.25) is 0 Å². The number of hydrogen-bond acceptors (Lipinski definition) is 3. The zero-order valence-electron chi connectivity index (χ0n) is 11.7. The van der Waals surface area contributed by atoms with Crippen LogP contribution in [0.3, 0.4) is 0 Å². The van der Waals surface area contributed by atoms with Gasteiger partial charge in [-0.2, -0.15) is 0 Å². The molecule has 1 aromatic carbocycles. The number of methoxy groups -OCH3 is 1. The van der Waals surface area contributed by atoms with Gasteiger partial charge in [0.25, 0.3) is 5.91 Å². The van der Waals surface area contributed by atoms with Crippen LogP contribution in [0, 0.1) is 5.82 Å². The number of benzene rings is 1. The van der Waals surface area contributed by atoms with Gasteiger partial charge in [-0.05, 0) is 26.0 Å². The van der Waals surface area contributed by atoms with E-state index in [9.17, 15) is 9.18 Å². The van der Waals surface area contributed by atoms with Gasteiger partial charge in [-0.1, -0.05) is 6.07 Å². The molecule has 19 heavy (non-hydrogen) atoms. The number of carbonyl (C=O) groups excluding carboxylic acids is 1. The average molecular weight is 268 g/mol. The van der Waals surface area contributed by atoms with E-state index in [1.807, 2.05) is 13.8 Å². The van der Waals surface area contributed by atoms with E-state index in [0.29, 0.717) is 31.8 Å². The minimum Gasteiger partial charge on any atom is -0.383 e. The molecule has 0 unspecified atom stereocenters. The molecule has 1 amide bonds. The maximum absolute atomic E-state index is 13.8. The summed E-state index contributed by atoms with van der Waals surface area (Å²) in [5.74, 6) is -0.592. The molecule has 0 saturated carbocycles. The monoisotopic (exact) mass is 268 g/mol. The predicted molar refractivity (Wildman–Crippen MR) is 74.0 cm³/mol. The van der Waals surface area contributed by atoms with Gasteiger partial charge in [0.15, 0.2) is 0 Å². The van der Waals surface area contributed by atoms with Gasteiger partial charge in [0.1, 0.15) is 5.82 Å². The van der Waals surface area contributed by atoms with Gasteiger partial charge >= 0.3 is 0 Å². The SMILES string of the molecule is CCNc1c(F)cccc1C(=O)N(CC)CCOC. The summed E-state index contributed by atoms with van der Waals surface area (Å²) >= 11 is 0. The van der Waals surface area contributed by atoms with Gasteiger partial charge in [-0.25, -0.2) is 4.39 Å². The van der Waals surface area contributed by atoms with Crippen molar-refractivity contribution in [3.05, 3.63) is 29.6 Å². The highest BCUT2D eigenvalue weighted by Crippen LogP contribution is 2.21. The molecule has 0 aliphatic carbocycles. The number of nitrogens with one attached hydrogen (secondary N) is 1. The molecule has 1 N–H and O–H groups in total. The van der Waals surface area contributed by atoms with E-state index in [4.69, 9.17) is 4.74 Å². The molecule has 1 rings (SSSR count). The summed E-state index contributed by atoms with van der Waals surface area (Å²) in [6.07, 6.45) is 0. The first-order valence-electron chi connectivity index (χ1n) is 6.46. The fraction of sp³-hybridized carbons (Fsp3) is 0.500. The molecule has 106 valence electrons. The molecule has 1 aromatic rings. The van der Waals surface area contributed by atoms with Crippen LogP contribution in [0.1, 0.15) is 24.2 Å². The molecule has 0 aromatic heterocycles. The molecule has 0 heterocycles. The second-order valence-electron chi connectivity index (χ2n) is 4.07. The van der Waals surface area contributed by atoms with Crippen LogP contribution in [0.5, 0.6) is 0 Å². The summed E-state index contributed by atoms with van der Waals surface area (Å²) in [4.78, 5) is 14.0. The van der Waals surface area contributed by atoms with Crippen molar-refractivity contribution in [2.45, 2.75) is 13.8 Å². The lowest BCUT2D eigenvalue weighted by molar-refractivity contribution is 0.0707. The minimum absolute atomic E-state index is 0.185. The Labute approximate surface area is 113 Å². The molecular formula is C14H21FN2O2. The Kier molecular flexibility index (Phi) is 6.29. The Balaban J connectivity index is 3.00. The second kappa shape index (κ2) is 7.74. The van der Waals surface area contributed by atoms with Gasteiger partial charge in [0.05, 0.1) is 17.9 Å². The molecule has 4 nitrogen and oxygen atoms in total. The van der Waals surface area contributed by atoms with E-state index in [-0.39, 0.29) is 11.6 Å². The van der Waals surface area contributed by atoms with Crippen molar-refractivity contribution in [1.82, 2.24) is 4.90 Å². The maximum atomic E-state index is 13.8. The molecule has 0 atom stereocenters. The summed E-state index contributed by atoms with van der Waals surface area (Å²) in [6.45, 7) is 5.83. The summed E-state index contributed by atoms with van der Waals surface area (Å²) in [7, 11) is 1.59. The molecule has 5 heteroatoms. The zero-order chi connectivity index (χ0) is 14.3. The topological polar surface area (TPSA) is 41.6 Å². The van der Waals surface area contributed by atoms with Crippen LogP contribution in [0.4, 0.5) is 10.1 Å². The molecule has 0 aliphatic heterocycles. The highest BCUT2D eigenvalue weighted by molar-refractivity contribution is 5.99. The average Bonchev–Trinajstić information content (AvgIpc) is 2.42. The quantitative estimate of drug-likeness (QED) is 0.825. The Morgan fingerprint density at radius 2 is 2.16 bits per heavy atom. The number of halogens is 1. The summed E-state index contributed by atoms with van der Waals surface area (Å²) in [5, 5.41) is 2.91. The van der Waals surface area contributed by atoms with Crippen LogP contribution < -0.4 is 5.32 Å². The van der Waals surface area contributed by atoms with E-state index >= 15 is 0 Å². The smallest absolute Gasteiger partial charge is 0.256 e. The molecule has 0 radical (unpaired) electrons. The largest absolute Gasteiger partial charge is 0.383 e. The molecular weight excluding hydrogens is 247 g/mol. The normalized spacial score (nSPS) is 10.3. The van der Waals surface area contributed by atoms with Crippen molar-refractivity contribution in [2.75, 3.05) is 38.7 Å². The fourth-order valence-corrected chi connectivity index (χ4v) is 1.83. The Morgan fingerprint density at radius 1 is 1.42 bits per heavy atom. The van der Waals surface area contributed by atoms with Crippen molar-refractivity contribution >= 4 is 11.6 Å². The summed E-state index contributed by atoms with van der Waals surface area (Å²) in [6, 6.07) is 4.53. The van der Waals surface area contributed by atoms with Gasteiger partial charge in [-0.3, -0.25) is 4.79 Å². The predicted octanol–water partition coefficient (Wildman–Crippen LogP) is 2.37. The Morgan fingerprint density at radius 3 is 2.74 bits per heavy atom. The van der Waals surface area contributed by atoms with Crippen LogP contribution in [-0.4, -0.2) is 44.2 Å². The van der Waals surface area contributed by atoms with Crippen molar-refractivity contribution in [2.24, 2.45) is 0 Å². The standard InChI is InChI=1S/C14H21FN2O2/c1-4-16-13-11(7-6-8-12(13)15)14(18)17(5-2)9-10-19-3/h6-8,16H,4-5,9-10H2,1-3H3. The number of anilines is 1. The van der Waals surface area contributed by atoms with Crippen molar-refractivity contribution in [3.63, 3.8) is 0 Å². The lowest BCUT2D eigenvalue weighted by Gasteiger charge is -2.22. The van der Waals surface area contributed by atoms with Gasteiger partial charge in [-0.15, -0.1) is 0 Å². The molecule has 0 aliphatic rings.